The van der Waals surface area contributed by atoms with Crippen molar-refractivity contribution in [2.24, 2.45) is 0 Å². The number of ether oxygens (including phenoxy) is 1. The van der Waals surface area contributed by atoms with Gasteiger partial charge >= 0.3 is 0 Å². The van der Waals surface area contributed by atoms with Crippen LogP contribution < -0.4 is 10.9 Å². The van der Waals surface area contributed by atoms with Crippen LogP contribution >= 0.6 is 46.8 Å². The highest BCUT2D eigenvalue weighted by Crippen LogP contribution is 2.16. The van der Waals surface area contributed by atoms with Crippen LogP contribution in [-0.4, -0.2) is 65.2 Å². The normalized spacial score (nSPS) is 19.4. The second-order valence-electron chi connectivity index (χ2n) is 5.87. The molecule has 0 atom stereocenters. The lowest BCUT2D eigenvalue weighted by Gasteiger charge is -2.10. The van der Waals surface area contributed by atoms with Gasteiger partial charge in [-0.3, -0.25) is 10.9 Å². The zero-order valence-corrected chi connectivity index (χ0v) is 19.1. The van der Waals surface area contributed by atoms with Crippen LogP contribution in [0.25, 0.3) is 10.1 Å². The number of nitrogens with zero attached hydrogens (tertiary/aromatic N) is 1. The van der Waals surface area contributed by atoms with Gasteiger partial charge in [-0.05, 0) is 30.4 Å². The van der Waals surface area contributed by atoms with E-state index in [4.69, 9.17) is 4.74 Å². The summed E-state index contributed by atoms with van der Waals surface area (Å²) in [6, 6.07) is 8.20. The molecule has 1 aromatic heterocycles. The minimum Gasteiger partial charge on any atom is -0.380 e. The number of benzene rings is 1. The summed E-state index contributed by atoms with van der Waals surface area (Å²) in [6.45, 7) is 4.20. The molecule has 3 aliphatic heterocycles. The fourth-order valence-corrected chi connectivity index (χ4v) is 5.91. The molecule has 5 rings (SSSR count). The third-order valence-corrected chi connectivity index (χ3v) is 7.91. The molecule has 0 spiro atoms. The Hall–Kier alpha value is 0.0400. The predicted molar refractivity (Wildman–Crippen MR) is 128 cm³/mol. The number of fused-ring (bicyclic) bond motifs is 1. The van der Waals surface area contributed by atoms with E-state index in [1.54, 1.807) is 0 Å². The second-order valence-corrected chi connectivity index (χ2v) is 10.4. The van der Waals surface area contributed by atoms with Gasteiger partial charge in [0.25, 0.3) is 0 Å². The van der Waals surface area contributed by atoms with Gasteiger partial charge in [0.05, 0.1) is 17.9 Å². The molecule has 4 nitrogen and oxygen atoms in total. The first-order valence-corrected chi connectivity index (χ1v) is 13.8. The molecule has 152 valence electrons. The molecule has 3 aliphatic rings. The molecular weight excluding hydrogens is 414 g/mol. The van der Waals surface area contributed by atoms with Gasteiger partial charge < -0.3 is 4.74 Å². The van der Waals surface area contributed by atoms with Crippen molar-refractivity contribution in [3.63, 3.8) is 0 Å². The van der Waals surface area contributed by atoms with Crippen LogP contribution in [-0.2, 0) is 4.74 Å². The van der Waals surface area contributed by atoms with Gasteiger partial charge in [0.1, 0.15) is 0 Å². The highest BCUT2D eigenvalue weighted by molar-refractivity contribution is 8.06. The molecule has 1 aromatic carbocycles. The summed E-state index contributed by atoms with van der Waals surface area (Å²) in [7, 11) is 0. The Kier molecular flexibility index (Phi) is 14.6. The highest BCUT2D eigenvalue weighted by Gasteiger charge is 1.96. The first-order chi connectivity index (χ1) is 13.5. The van der Waals surface area contributed by atoms with Crippen LogP contribution in [0.2, 0.25) is 0 Å². The van der Waals surface area contributed by atoms with Crippen molar-refractivity contribution in [2.75, 3.05) is 60.8 Å². The molecule has 4 heterocycles. The Bertz CT molecular complexity index is 480. The quantitative estimate of drug-likeness (QED) is 0.624. The van der Waals surface area contributed by atoms with E-state index in [0.29, 0.717) is 0 Å². The zero-order chi connectivity index (χ0) is 18.8. The van der Waals surface area contributed by atoms with Gasteiger partial charge in [0.2, 0.25) is 0 Å². The fourth-order valence-electron chi connectivity index (χ4n) is 2.29. The van der Waals surface area contributed by atoms with Crippen molar-refractivity contribution in [2.45, 2.75) is 12.8 Å². The van der Waals surface area contributed by atoms with Crippen LogP contribution in [0.15, 0.2) is 30.5 Å². The number of hydrogen-bond donors (Lipinski definition) is 2. The summed E-state index contributed by atoms with van der Waals surface area (Å²) in [5.41, 5.74) is 6.07. The van der Waals surface area contributed by atoms with E-state index in [1.165, 1.54) is 69.0 Å². The van der Waals surface area contributed by atoms with Crippen molar-refractivity contribution < 1.29 is 4.74 Å². The fraction of sp³-hybridized carbons (Fsp3) is 0.632. The number of hydrazine groups is 1. The first kappa shape index (κ1) is 23.3. The van der Waals surface area contributed by atoms with E-state index >= 15 is 0 Å². The lowest BCUT2D eigenvalue weighted by Crippen LogP contribution is -2.37. The second kappa shape index (κ2) is 16.9. The lowest BCUT2D eigenvalue weighted by atomic mass is 10.3. The van der Waals surface area contributed by atoms with E-state index in [-0.39, 0.29) is 0 Å². The van der Waals surface area contributed by atoms with Crippen LogP contribution in [0, 0.1) is 0 Å². The Labute approximate surface area is 180 Å². The van der Waals surface area contributed by atoms with Gasteiger partial charge in [-0.1, -0.05) is 18.2 Å². The Morgan fingerprint density at radius 3 is 1.78 bits per heavy atom. The van der Waals surface area contributed by atoms with E-state index < -0.39 is 0 Å². The van der Waals surface area contributed by atoms with Crippen molar-refractivity contribution in [1.29, 1.82) is 0 Å². The van der Waals surface area contributed by atoms with Crippen LogP contribution in [0.5, 0.6) is 0 Å². The van der Waals surface area contributed by atoms with Crippen molar-refractivity contribution in [3.05, 3.63) is 30.5 Å². The summed E-state index contributed by atoms with van der Waals surface area (Å²) in [5, 5.41) is 1.24. The first-order valence-electron chi connectivity index (χ1n) is 9.53. The minimum atomic E-state index is 0.963. The molecule has 0 radical (unpaired) electrons. The highest BCUT2D eigenvalue weighted by atomic mass is 32.2. The van der Waals surface area contributed by atoms with Crippen LogP contribution in [0.1, 0.15) is 12.8 Å². The zero-order valence-electron chi connectivity index (χ0n) is 15.9. The Morgan fingerprint density at radius 1 is 0.778 bits per heavy atom. The van der Waals surface area contributed by atoms with E-state index in [2.05, 4.69) is 50.9 Å². The van der Waals surface area contributed by atoms with Crippen molar-refractivity contribution in [1.82, 2.24) is 15.2 Å². The largest absolute Gasteiger partial charge is 0.380 e. The van der Waals surface area contributed by atoms with Gasteiger partial charge in [-0.2, -0.15) is 39.7 Å². The minimum absolute atomic E-state index is 0.963. The lowest BCUT2D eigenvalue weighted by molar-refractivity contribution is 0.161. The summed E-state index contributed by atoms with van der Waals surface area (Å²) < 4.78 is 10.4. The van der Waals surface area contributed by atoms with Crippen LogP contribution in [0.3, 0.4) is 0 Å². The smallest absolute Gasteiger partial charge is 0.0557 e. The number of thioether (sulfide) groups is 3. The monoisotopic (exact) mass is 445 g/mol. The summed E-state index contributed by atoms with van der Waals surface area (Å²) in [4.78, 5) is 0. The van der Waals surface area contributed by atoms with E-state index in [1.807, 2.05) is 30.1 Å². The van der Waals surface area contributed by atoms with Crippen LogP contribution in [0.4, 0.5) is 0 Å². The standard InChI is InChI=1S/C7H5NS.C4H10N2.C4H8OS.C4H8S2/c1-2-4-7-6(3-1)5-8-9-7;1-2-4-6-5-3-1;1-3-6-4-2-5-1;1-2-6-4-3-5-1/h1-5H;5-6H,1-4H2;2*1-4H2. The molecule has 0 aliphatic carbocycles. The van der Waals surface area contributed by atoms with Gasteiger partial charge in [0, 0.05) is 59.2 Å². The van der Waals surface area contributed by atoms with Gasteiger partial charge in [-0.15, -0.1) is 0 Å². The Morgan fingerprint density at radius 2 is 1.37 bits per heavy atom. The number of hydrogen-bond acceptors (Lipinski definition) is 8. The maximum absolute atomic E-state index is 5.05. The van der Waals surface area contributed by atoms with Crippen molar-refractivity contribution >= 4 is 56.9 Å². The average molecular weight is 446 g/mol. The van der Waals surface area contributed by atoms with Gasteiger partial charge in [-0.25, -0.2) is 0 Å². The molecule has 2 N–H and O–H groups in total. The summed E-state index contributed by atoms with van der Waals surface area (Å²) in [6.07, 6.45) is 4.54. The molecular formula is C19H31N3OS4. The number of rotatable bonds is 0. The molecule has 0 saturated carbocycles. The topological polar surface area (TPSA) is 46.2 Å². The maximum atomic E-state index is 5.05. The Balaban J connectivity index is 0.000000132. The summed E-state index contributed by atoms with van der Waals surface area (Å²) in [5.74, 6) is 7.91. The average Bonchev–Trinajstić information content (AvgIpc) is 3.28. The molecule has 3 saturated heterocycles. The molecule has 0 amide bonds. The van der Waals surface area contributed by atoms with E-state index in [0.717, 1.165) is 26.3 Å². The predicted octanol–water partition coefficient (Wildman–Crippen LogP) is 4.39. The van der Waals surface area contributed by atoms with Gasteiger partial charge in [0.15, 0.2) is 0 Å². The third-order valence-electron chi connectivity index (χ3n) is 3.73. The van der Waals surface area contributed by atoms with E-state index in [9.17, 15) is 0 Å². The SMILES string of the molecule is C1CCNNC1.C1CSCCO1.C1CSCCS1.c1ccc2sncc2c1. The maximum Gasteiger partial charge on any atom is 0.0557 e. The summed E-state index contributed by atoms with van der Waals surface area (Å²) >= 11 is 7.66. The number of aromatic nitrogens is 1. The van der Waals surface area contributed by atoms with Crippen molar-refractivity contribution in [3.8, 4) is 0 Å². The molecule has 27 heavy (non-hydrogen) atoms. The number of nitrogens with one attached hydrogen (secondary N) is 2. The molecule has 8 heteroatoms. The molecule has 0 bridgehead atoms. The third kappa shape index (κ3) is 12.3. The molecule has 2 aromatic rings. The molecule has 0 unspecified atom stereocenters. The molecule has 3 fully saturated rings.